The average Bonchev–Trinajstić information content (AvgIpc) is 2.72. The van der Waals surface area contributed by atoms with Gasteiger partial charge >= 0.3 is 6.03 Å². The lowest BCUT2D eigenvalue weighted by Gasteiger charge is -2.23. The first-order chi connectivity index (χ1) is 10.2. The summed E-state index contributed by atoms with van der Waals surface area (Å²) in [6, 6.07) is 10.8. The second kappa shape index (κ2) is 5.83. The predicted octanol–water partition coefficient (Wildman–Crippen LogP) is 2.75. The quantitative estimate of drug-likeness (QED) is 0.845. The molecule has 3 rings (SSSR count). The number of fused-ring (bicyclic) bond motifs is 1. The normalized spacial score (nSPS) is 14.2. The number of nitrogens with one attached hydrogen (secondary N) is 2. The number of para-hydroxylation sites is 1. The molecule has 0 unspecified atom stereocenters. The third-order valence-electron chi connectivity index (χ3n) is 3.64. The number of amides is 2. The van der Waals surface area contributed by atoms with Crippen LogP contribution in [0.5, 0.6) is 0 Å². The van der Waals surface area contributed by atoms with Gasteiger partial charge in [-0.2, -0.15) is 0 Å². The Kier molecular flexibility index (Phi) is 3.73. The van der Waals surface area contributed by atoms with E-state index >= 15 is 0 Å². The molecule has 108 valence electrons. The molecule has 1 aromatic heterocycles. The third-order valence-corrected chi connectivity index (χ3v) is 3.64. The highest BCUT2D eigenvalue weighted by Crippen LogP contribution is 2.26. The molecule has 5 heteroatoms. The van der Waals surface area contributed by atoms with Gasteiger partial charge in [0.2, 0.25) is 5.56 Å². The summed E-state index contributed by atoms with van der Waals surface area (Å²) in [5.41, 5.74) is 2.57. The van der Waals surface area contributed by atoms with E-state index in [0.717, 1.165) is 24.9 Å². The summed E-state index contributed by atoms with van der Waals surface area (Å²) in [4.78, 5) is 27.9. The van der Waals surface area contributed by atoms with E-state index < -0.39 is 0 Å². The van der Waals surface area contributed by atoms with Gasteiger partial charge in [0.15, 0.2) is 0 Å². The Morgan fingerprint density at radius 2 is 2.00 bits per heavy atom. The number of rotatable bonds is 1. The van der Waals surface area contributed by atoms with Crippen LogP contribution in [-0.4, -0.2) is 17.6 Å². The lowest BCUT2D eigenvalue weighted by Crippen LogP contribution is -2.35. The van der Waals surface area contributed by atoms with Crippen molar-refractivity contribution in [3.05, 3.63) is 58.5 Å². The van der Waals surface area contributed by atoms with Crippen molar-refractivity contribution in [1.29, 1.82) is 0 Å². The molecular formula is C16H17N3O2. The van der Waals surface area contributed by atoms with Crippen LogP contribution in [0.3, 0.4) is 0 Å². The first-order valence-corrected chi connectivity index (χ1v) is 7.09. The van der Waals surface area contributed by atoms with E-state index in [0.29, 0.717) is 12.2 Å². The number of aryl methyl sites for hydroxylation is 1. The van der Waals surface area contributed by atoms with Crippen molar-refractivity contribution in [1.82, 2.24) is 4.98 Å². The van der Waals surface area contributed by atoms with Crippen LogP contribution in [0, 0.1) is 0 Å². The minimum atomic E-state index is -0.187. The Labute approximate surface area is 122 Å². The summed E-state index contributed by atoms with van der Waals surface area (Å²) in [7, 11) is 0. The van der Waals surface area contributed by atoms with E-state index in [-0.39, 0.29) is 11.6 Å². The maximum atomic E-state index is 12.5. The van der Waals surface area contributed by atoms with Gasteiger partial charge in [-0.25, -0.2) is 4.79 Å². The third kappa shape index (κ3) is 2.97. The van der Waals surface area contributed by atoms with Crippen molar-refractivity contribution in [2.75, 3.05) is 16.8 Å². The van der Waals surface area contributed by atoms with Gasteiger partial charge in [0.05, 0.1) is 5.69 Å². The number of aromatic amines is 1. The van der Waals surface area contributed by atoms with E-state index in [1.807, 2.05) is 18.2 Å². The van der Waals surface area contributed by atoms with Crippen molar-refractivity contribution >= 4 is 17.4 Å². The molecule has 0 aliphatic carbocycles. The number of hydrogen-bond acceptors (Lipinski definition) is 2. The molecule has 0 fully saturated rings. The van der Waals surface area contributed by atoms with Crippen molar-refractivity contribution in [3.63, 3.8) is 0 Å². The maximum Gasteiger partial charge on any atom is 0.326 e. The van der Waals surface area contributed by atoms with Crippen LogP contribution in [0.2, 0.25) is 0 Å². The smallest absolute Gasteiger partial charge is 0.326 e. The van der Waals surface area contributed by atoms with Crippen LogP contribution in [0.15, 0.2) is 47.4 Å². The van der Waals surface area contributed by atoms with E-state index in [4.69, 9.17) is 0 Å². The van der Waals surface area contributed by atoms with Crippen LogP contribution in [0.25, 0.3) is 0 Å². The molecule has 1 aromatic carbocycles. The molecule has 1 aliphatic rings. The minimum Gasteiger partial charge on any atom is -0.327 e. The summed E-state index contributed by atoms with van der Waals surface area (Å²) in [5.74, 6) is 0. The van der Waals surface area contributed by atoms with Gasteiger partial charge in [-0.15, -0.1) is 0 Å². The van der Waals surface area contributed by atoms with Gasteiger partial charge in [0.25, 0.3) is 0 Å². The number of carbonyl (C=O) groups excluding carboxylic acids is 1. The van der Waals surface area contributed by atoms with Crippen LogP contribution in [-0.2, 0) is 6.42 Å². The predicted molar refractivity (Wildman–Crippen MR) is 82.8 cm³/mol. The molecule has 0 saturated heterocycles. The van der Waals surface area contributed by atoms with Gasteiger partial charge in [-0.1, -0.05) is 18.2 Å². The number of aromatic nitrogens is 1. The number of pyridine rings is 1. The molecule has 0 spiro atoms. The first-order valence-electron chi connectivity index (χ1n) is 7.09. The molecule has 2 N–H and O–H groups in total. The summed E-state index contributed by atoms with van der Waals surface area (Å²) in [5, 5.41) is 2.82. The molecule has 0 saturated carbocycles. The van der Waals surface area contributed by atoms with Crippen molar-refractivity contribution in [2.24, 2.45) is 0 Å². The second-order valence-corrected chi connectivity index (χ2v) is 5.11. The average molecular weight is 283 g/mol. The van der Waals surface area contributed by atoms with Crippen LogP contribution in [0.4, 0.5) is 16.2 Å². The van der Waals surface area contributed by atoms with Gasteiger partial charge in [0, 0.05) is 24.5 Å². The molecular weight excluding hydrogens is 266 g/mol. The molecule has 0 bridgehead atoms. The lowest BCUT2D eigenvalue weighted by atomic mass is 10.1. The van der Waals surface area contributed by atoms with Gasteiger partial charge in [-0.05, 0) is 37.0 Å². The van der Waals surface area contributed by atoms with Gasteiger partial charge in [-0.3, -0.25) is 9.69 Å². The summed E-state index contributed by atoms with van der Waals surface area (Å²) in [6.07, 6.45) is 4.57. The second-order valence-electron chi connectivity index (χ2n) is 5.11. The zero-order valence-corrected chi connectivity index (χ0v) is 11.6. The van der Waals surface area contributed by atoms with Gasteiger partial charge in [0.1, 0.15) is 0 Å². The molecule has 5 nitrogen and oxygen atoms in total. The Morgan fingerprint density at radius 1 is 1.14 bits per heavy atom. The van der Waals surface area contributed by atoms with Crippen LogP contribution < -0.4 is 15.8 Å². The number of H-pyrrole nitrogens is 1. The van der Waals surface area contributed by atoms with E-state index in [9.17, 15) is 9.59 Å². The molecule has 2 heterocycles. The highest BCUT2D eigenvalue weighted by Gasteiger charge is 2.20. The van der Waals surface area contributed by atoms with Crippen LogP contribution >= 0.6 is 0 Å². The topological polar surface area (TPSA) is 65.2 Å². The minimum absolute atomic E-state index is 0.170. The highest BCUT2D eigenvalue weighted by molar-refractivity contribution is 6.02. The fraction of sp³-hybridized carbons (Fsp3) is 0.250. The molecule has 2 aromatic rings. The molecule has 0 radical (unpaired) electrons. The summed E-state index contributed by atoms with van der Waals surface area (Å²) in [6.45, 7) is 0.701. The zero-order chi connectivity index (χ0) is 14.7. The number of hydrogen-bond donors (Lipinski definition) is 2. The Hall–Kier alpha value is -2.56. The molecule has 0 atom stereocenters. The number of carbonyl (C=O) groups is 1. The number of urea groups is 1. The van der Waals surface area contributed by atoms with Crippen molar-refractivity contribution < 1.29 is 4.79 Å². The Morgan fingerprint density at radius 3 is 2.81 bits per heavy atom. The SMILES string of the molecule is O=C(Nc1ccc(=O)[nH]c1)N1CCCCc2ccccc21. The van der Waals surface area contributed by atoms with E-state index in [1.165, 1.54) is 17.8 Å². The zero-order valence-electron chi connectivity index (χ0n) is 11.6. The fourth-order valence-corrected chi connectivity index (χ4v) is 2.58. The van der Waals surface area contributed by atoms with Crippen molar-refractivity contribution in [3.8, 4) is 0 Å². The fourth-order valence-electron chi connectivity index (χ4n) is 2.58. The Balaban J connectivity index is 1.84. The lowest BCUT2D eigenvalue weighted by molar-refractivity contribution is 0.257. The monoisotopic (exact) mass is 283 g/mol. The summed E-state index contributed by atoms with van der Waals surface area (Å²) >= 11 is 0. The summed E-state index contributed by atoms with van der Waals surface area (Å²) < 4.78 is 0. The molecule has 2 amide bonds. The number of nitrogens with zero attached hydrogens (tertiary/aromatic N) is 1. The van der Waals surface area contributed by atoms with Gasteiger partial charge < -0.3 is 10.3 Å². The van der Waals surface area contributed by atoms with E-state index in [1.54, 1.807) is 11.0 Å². The molecule has 1 aliphatic heterocycles. The first kappa shape index (κ1) is 13.4. The molecule has 21 heavy (non-hydrogen) atoms. The highest BCUT2D eigenvalue weighted by atomic mass is 16.2. The standard InChI is InChI=1S/C16H17N3O2/c20-15-9-8-13(11-17-15)18-16(21)19-10-4-3-6-12-5-1-2-7-14(12)19/h1-2,5,7-9,11H,3-4,6,10H2,(H,17,20)(H,18,21). The van der Waals surface area contributed by atoms with Crippen LogP contribution in [0.1, 0.15) is 18.4 Å². The number of anilines is 2. The maximum absolute atomic E-state index is 12.5. The van der Waals surface area contributed by atoms with Crippen molar-refractivity contribution in [2.45, 2.75) is 19.3 Å². The largest absolute Gasteiger partial charge is 0.327 e. The number of benzene rings is 1. The Bertz CT molecular complexity index is 688. The van der Waals surface area contributed by atoms with E-state index in [2.05, 4.69) is 16.4 Å².